The van der Waals surface area contributed by atoms with E-state index in [9.17, 15) is 20.3 Å². The van der Waals surface area contributed by atoms with Gasteiger partial charge in [0.2, 0.25) is 5.79 Å². The van der Waals surface area contributed by atoms with Crippen molar-refractivity contribution >= 4 is 28.7 Å². The highest BCUT2D eigenvalue weighted by Crippen LogP contribution is 2.62. The molecule has 1 amide bonds. The number of unbranched alkanes of at least 4 members (excludes halogenated alkanes) is 2. The number of carbonyl (C=O) groups excluding carboxylic acids is 2. The van der Waals surface area contributed by atoms with Gasteiger partial charge in [0.1, 0.15) is 34.6 Å². The molecule has 0 bridgehead atoms. The van der Waals surface area contributed by atoms with Crippen molar-refractivity contribution in [1.29, 1.82) is 5.26 Å². The summed E-state index contributed by atoms with van der Waals surface area (Å²) in [5.74, 6) is -0.757. The number of nitriles is 1. The Hall–Kier alpha value is -6.78. The molecule has 0 aromatic heterocycles. The minimum atomic E-state index is -1.53. The molecule has 0 radical (unpaired) electrons. The maximum Gasteiger partial charge on any atom is 0.254 e. The highest BCUT2D eigenvalue weighted by molar-refractivity contribution is 6.03. The average Bonchev–Trinajstić information content (AvgIpc) is 3.37. The minimum Gasteiger partial charge on any atom is -0.496 e. The van der Waals surface area contributed by atoms with Crippen molar-refractivity contribution in [3.8, 4) is 29.1 Å². The van der Waals surface area contributed by atoms with Crippen molar-refractivity contribution in [3.05, 3.63) is 155 Å². The van der Waals surface area contributed by atoms with Crippen LogP contribution in [0.4, 0.5) is 0 Å². The molecule has 1 heterocycles. The van der Waals surface area contributed by atoms with Gasteiger partial charge in [-0.2, -0.15) is 5.26 Å². The zero-order valence-electron chi connectivity index (χ0n) is 40.5. The predicted octanol–water partition coefficient (Wildman–Crippen LogP) is 11.1. The fraction of sp³-hybridized carbons (Fsp3) is 0.379. The van der Waals surface area contributed by atoms with Crippen LogP contribution in [0.5, 0.6) is 23.0 Å². The number of fused-ring (bicyclic) bond motifs is 3. The van der Waals surface area contributed by atoms with Gasteiger partial charge in [-0.05, 0) is 141 Å². The Balaban J connectivity index is 1.39. The molecule has 1 fully saturated rings. The van der Waals surface area contributed by atoms with Gasteiger partial charge in [-0.1, -0.05) is 72.6 Å². The van der Waals surface area contributed by atoms with Crippen LogP contribution >= 0.6 is 0 Å². The summed E-state index contributed by atoms with van der Waals surface area (Å²) in [7, 11) is 1.51. The van der Waals surface area contributed by atoms with Crippen LogP contribution in [0.25, 0.3) is 10.8 Å². The van der Waals surface area contributed by atoms with Crippen LogP contribution in [0.3, 0.4) is 0 Å². The van der Waals surface area contributed by atoms with Gasteiger partial charge in [-0.25, -0.2) is 0 Å². The van der Waals surface area contributed by atoms with Crippen molar-refractivity contribution < 1.29 is 43.6 Å². The summed E-state index contributed by atoms with van der Waals surface area (Å²) < 4.78 is 26.8. The second-order valence-electron chi connectivity index (χ2n) is 19.4. The molecule has 0 saturated heterocycles. The van der Waals surface area contributed by atoms with Crippen LogP contribution in [0.1, 0.15) is 109 Å². The number of aldehydes is 1. The number of ether oxygens (including phenoxy) is 4. The van der Waals surface area contributed by atoms with E-state index >= 15 is 4.79 Å². The third kappa shape index (κ3) is 10.4. The first-order valence-electron chi connectivity index (χ1n) is 24.3. The molecule has 12 nitrogen and oxygen atoms in total. The van der Waals surface area contributed by atoms with Crippen LogP contribution in [-0.2, 0) is 16.1 Å². The lowest BCUT2D eigenvalue weighted by atomic mass is 9.55. The first-order chi connectivity index (χ1) is 33.9. The molecule has 364 valence electrons. The monoisotopic (exact) mass is 945 g/mol. The van der Waals surface area contributed by atoms with Crippen molar-refractivity contribution in [2.24, 2.45) is 22.9 Å². The highest BCUT2D eigenvalue weighted by atomic mass is 16.7. The smallest absolute Gasteiger partial charge is 0.254 e. The number of allylic oxidation sites excluding steroid dienone is 1. The maximum atomic E-state index is 15.7. The lowest BCUT2D eigenvalue weighted by molar-refractivity contribution is -0.255. The quantitative estimate of drug-likeness (QED) is 0.0333. The number of aliphatic hydroxyl groups excluding tert-OH is 2. The third-order valence-electron chi connectivity index (χ3n) is 13.8. The summed E-state index contributed by atoms with van der Waals surface area (Å²) >= 11 is 0. The van der Waals surface area contributed by atoms with E-state index in [0.717, 1.165) is 59.4 Å². The molecule has 8 rings (SSSR count). The lowest BCUT2D eigenvalue weighted by Gasteiger charge is -2.60. The van der Waals surface area contributed by atoms with Crippen LogP contribution in [0.2, 0.25) is 0 Å². The highest BCUT2D eigenvalue weighted by Gasteiger charge is 2.65. The summed E-state index contributed by atoms with van der Waals surface area (Å²) in [4.78, 5) is 35.9. The van der Waals surface area contributed by atoms with Gasteiger partial charge < -0.3 is 38.9 Å². The Morgan fingerprint density at radius 1 is 0.943 bits per heavy atom. The van der Waals surface area contributed by atoms with Crippen LogP contribution < -0.4 is 14.2 Å². The van der Waals surface area contributed by atoms with E-state index in [-0.39, 0.29) is 56.4 Å². The largest absolute Gasteiger partial charge is 0.496 e. The van der Waals surface area contributed by atoms with E-state index in [4.69, 9.17) is 28.9 Å². The molecule has 70 heavy (non-hydrogen) atoms. The molecular formula is C58H63N3O9. The molecule has 3 aliphatic rings. The molecule has 2 aliphatic carbocycles. The third-order valence-corrected chi connectivity index (χ3v) is 13.8. The van der Waals surface area contributed by atoms with Gasteiger partial charge in [0, 0.05) is 43.2 Å². The van der Waals surface area contributed by atoms with Crippen LogP contribution in [0, 0.1) is 29.1 Å². The molecule has 5 aromatic carbocycles. The van der Waals surface area contributed by atoms with Gasteiger partial charge in [0.25, 0.3) is 5.91 Å². The molecule has 2 N–H and O–H groups in total. The van der Waals surface area contributed by atoms with Crippen molar-refractivity contribution in [3.63, 3.8) is 0 Å². The summed E-state index contributed by atoms with van der Waals surface area (Å²) in [5.41, 5.74) is 3.89. The molecule has 0 spiro atoms. The van der Waals surface area contributed by atoms with Crippen molar-refractivity contribution in [2.45, 2.75) is 95.6 Å². The van der Waals surface area contributed by atoms with Gasteiger partial charge in [-0.3, -0.25) is 9.59 Å². The molecule has 5 aromatic rings. The Morgan fingerprint density at radius 2 is 1.67 bits per heavy atom. The van der Waals surface area contributed by atoms with Crippen molar-refractivity contribution in [1.82, 2.24) is 4.90 Å². The van der Waals surface area contributed by atoms with Crippen molar-refractivity contribution in [2.75, 3.05) is 26.9 Å². The number of aliphatic hydroxyl groups is 2. The zero-order valence-corrected chi connectivity index (χ0v) is 40.5. The number of rotatable bonds is 20. The first-order valence-corrected chi connectivity index (χ1v) is 24.3. The van der Waals surface area contributed by atoms with E-state index < -0.39 is 23.3 Å². The summed E-state index contributed by atoms with van der Waals surface area (Å²) in [6, 6.07) is 33.1. The molecular weight excluding hydrogens is 883 g/mol. The number of oxime groups is 1. The van der Waals surface area contributed by atoms with Gasteiger partial charge in [0.05, 0.1) is 42.5 Å². The van der Waals surface area contributed by atoms with Crippen LogP contribution in [0.15, 0.2) is 133 Å². The number of amides is 1. The fourth-order valence-electron chi connectivity index (χ4n) is 10.7. The zero-order chi connectivity index (χ0) is 49.4. The first kappa shape index (κ1) is 49.6. The Morgan fingerprint density at radius 3 is 2.39 bits per heavy atom. The minimum absolute atomic E-state index is 0.00862. The second kappa shape index (κ2) is 21.9. The van der Waals surface area contributed by atoms with E-state index in [0.29, 0.717) is 58.2 Å². The number of nitrogens with zero attached hydrogens (tertiary/aromatic N) is 3. The summed E-state index contributed by atoms with van der Waals surface area (Å²) in [6.45, 7) is 10.3. The van der Waals surface area contributed by atoms with Crippen LogP contribution in [-0.4, -0.2) is 77.4 Å². The molecule has 12 heteroatoms. The number of hydrogen-bond acceptors (Lipinski definition) is 11. The molecule has 6 unspecified atom stereocenters. The Bertz CT molecular complexity index is 2780. The topological polar surface area (TPSA) is 160 Å². The van der Waals surface area contributed by atoms with E-state index in [1.807, 2.05) is 68.1 Å². The average molecular weight is 946 g/mol. The van der Waals surface area contributed by atoms with E-state index in [1.54, 1.807) is 48.5 Å². The maximum absolute atomic E-state index is 15.7. The number of hydrogen-bond donors (Lipinski definition) is 2. The molecule has 1 saturated carbocycles. The van der Waals surface area contributed by atoms with Gasteiger partial charge in [-0.15, -0.1) is 6.58 Å². The second-order valence-corrected chi connectivity index (χ2v) is 19.4. The summed E-state index contributed by atoms with van der Waals surface area (Å²) in [5, 5.41) is 36.9. The van der Waals surface area contributed by atoms with E-state index in [2.05, 4.69) is 36.9 Å². The fourth-order valence-corrected chi connectivity index (χ4v) is 10.7. The standard InChI is InChI=1S/C58H63N3O9/c1-6-30-67-58-53(61(56(65)40-22-20-38(35-59)21-23-40)36-42-17-13-16-39-14-7-8-18-46(39)42)34-50(60-70-57(2,3)4)48-32-41(15-9-11-28-62)47(19-10-12-29-63)54(55(48)58)49-33-45(25-27-52(49)69-58)68-44-24-26-51(66-5)43(31-44)37-64/h6-8,13-14,16-18,20-27,31-33,37,41,47,53-55,62-63H,1,9-12,15,19,28-30,34,36H2,2-5H3. The normalized spacial score (nSPS) is 21.9. The molecule has 1 aliphatic heterocycles. The Labute approximate surface area is 410 Å². The van der Waals surface area contributed by atoms with Gasteiger partial charge >= 0.3 is 0 Å². The SMILES string of the molecule is C=CCOC12Oc3ccc(Oc4ccc(OC)c(C=O)c4)cc3C3C(CCCCO)C(CCCCO)C=C(C(=NOC(C)(C)C)CC1N(Cc1cccc4ccccc14)C(=O)c1ccc(C#N)cc1)C32. The molecule has 6 atom stereocenters. The Kier molecular flexibility index (Phi) is 15.5. The predicted molar refractivity (Wildman–Crippen MR) is 269 cm³/mol. The van der Waals surface area contributed by atoms with E-state index in [1.165, 1.54) is 7.11 Å². The lowest BCUT2D eigenvalue weighted by Crippen LogP contribution is -2.70. The number of methoxy groups -OCH3 is 1. The number of carbonyl (C=O) groups is 2. The van der Waals surface area contributed by atoms with Gasteiger partial charge in [0.15, 0.2) is 6.29 Å². The summed E-state index contributed by atoms with van der Waals surface area (Å²) in [6.07, 6.45) is 9.26. The number of benzene rings is 5.